The number of hydrogen-bond acceptors (Lipinski definition) is 4. The number of likely N-dealkylation sites (N-methyl/N-ethyl adjacent to an activating group) is 1. The number of carbonyl (C=O) groups is 1. The molecule has 7 heteroatoms. The average Bonchev–Trinajstić information content (AvgIpc) is 3.02. The van der Waals surface area contributed by atoms with Gasteiger partial charge in [-0.15, -0.1) is 12.4 Å². The van der Waals surface area contributed by atoms with Crippen LogP contribution in [0.3, 0.4) is 0 Å². The number of benzene rings is 1. The van der Waals surface area contributed by atoms with Crippen LogP contribution in [0.25, 0.3) is 10.8 Å². The summed E-state index contributed by atoms with van der Waals surface area (Å²) < 4.78 is 0. The van der Waals surface area contributed by atoms with Crippen LogP contribution in [-0.2, 0) is 4.79 Å². The molecule has 0 radical (unpaired) electrons. The van der Waals surface area contributed by atoms with Gasteiger partial charge >= 0.3 is 0 Å². The predicted octanol–water partition coefficient (Wildman–Crippen LogP) is 2.91. The van der Waals surface area contributed by atoms with Crippen molar-refractivity contribution >= 4 is 46.1 Å². The van der Waals surface area contributed by atoms with Gasteiger partial charge in [0.05, 0.1) is 0 Å². The van der Waals surface area contributed by atoms with Crippen LogP contribution in [0, 0.1) is 0 Å². The molecular weight excluding hydrogens is 334 g/mol. The Kier molecular flexibility index (Phi) is 5.54. The standard InChI is InChI=1S/C16H15N3O2S.ClH/c1-17-14(11-5-7-22-9-11)16(21)19-12-2-3-13-10(8-12)4-6-18-15(13)20;/h2-9,14,17H,1H3,(H,18,20)(H,19,21);1H. The van der Waals surface area contributed by atoms with Crippen molar-refractivity contribution in [3.8, 4) is 0 Å². The minimum atomic E-state index is -0.402. The number of pyridine rings is 1. The van der Waals surface area contributed by atoms with Crippen LogP contribution in [0.5, 0.6) is 0 Å². The molecule has 0 fully saturated rings. The zero-order chi connectivity index (χ0) is 15.5. The molecule has 3 N–H and O–H groups in total. The number of aromatic nitrogens is 1. The number of halogens is 1. The van der Waals surface area contributed by atoms with E-state index in [1.165, 1.54) is 0 Å². The number of aromatic amines is 1. The van der Waals surface area contributed by atoms with E-state index < -0.39 is 6.04 Å². The number of thiophene rings is 1. The third-order valence-corrected chi connectivity index (χ3v) is 4.17. The summed E-state index contributed by atoms with van der Waals surface area (Å²) in [5, 5.41) is 11.2. The zero-order valence-corrected chi connectivity index (χ0v) is 14.0. The molecule has 0 aliphatic carbocycles. The molecule has 2 heterocycles. The molecule has 2 aromatic heterocycles. The van der Waals surface area contributed by atoms with E-state index in [4.69, 9.17) is 0 Å². The highest BCUT2D eigenvalue weighted by molar-refractivity contribution is 7.08. The Labute approximate surface area is 143 Å². The quantitative estimate of drug-likeness (QED) is 0.678. The molecule has 23 heavy (non-hydrogen) atoms. The Bertz CT molecular complexity index is 861. The molecule has 1 atom stereocenters. The van der Waals surface area contributed by atoms with E-state index in [1.54, 1.807) is 48.8 Å². The molecule has 5 nitrogen and oxygen atoms in total. The molecule has 0 saturated carbocycles. The summed E-state index contributed by atoms with van der Waals surface area (Å²) in [4.78, 5) is 26.7. The molecule has 1 unspecified atom stereocenters. The molecule has 120 valence electrons. The van der Waals surface area contributed by atoms with Gasteiger partial charge in [-0.05, 0) is 59.1 Å². The van der Waals surface area contributed by atoms with Gasteiger partial charge in [0, 0.05) is 17.3 Å². The van der Waals surface area contributed by atoms with Gasteiger partial charge < -0.3 is 15.6 Å². The van der Waals surface area contributed by atoms with Crippen LogP contribution in [0.2, 0.25) is 0 Å². The Balaban J connectivity index is 0.00000192. The highest BCUT2D eigenvalue weighted by Gasteiger charge is 2.19. The smallest absolute Gasteiger partial charge is 0.255 e. The van der Waals surface area contributed by atoms with Gasteiger partial charge in [-0.25, -0.2) is 0 Å². The van der Waals surface area contributed by atoms with Crippen molar-refractivity contribution in [1.82, 2.24) is 10.3 Å². The van der Waals surface area contributed by atoms with Crippen molar-refractivity contribution < 1.29 is 4.79 Å². The lowest BCUT2D eigenvalue weighted by Gasteiger charge is -2.15. The van der Waals surface area contributed by atoms with E-state index in [-0.39, 0.29) is 23.9 Å². The number of fused-ring (bicyclic) bond motifs is 1. The lowest BCUT2D eigenvalue weighted by Crippen LogP contribution is -2.30. The van der Waals surface area contributed by atoms with Crippen molar-refractivity contribution in [3.63, 3.8) is 0 Å². The summed E-state index contributed by atoms with van der Waals surface area (Å²) in [5.41, 5.74) is 1.46. The number of amides is 1. The Morgan fingerprint density at radius 2 is 2.09 bits per heavy atom. The first kappa shape index (κ1) is 17.2. The fourth-order valence-electron chi connectivity index (χ4n) is 2.37. The molecule has 0 bridgehead atoms. The number of H-pyrrole nitrogens is 1. The number of hydrogen-bond donors (Lipinski definition) is 3. The third-order valence-electron chi connectivity index (χ3n) is 3.47. The van der Waals surface area contributed by atoms with Gasteiger partial charge in [0.25, 0.3) is 5.56 Å². The minimum absolute atomic E-state index is 0. The lowest BCUT2D eigenvalue weighted by atomic mass is 10.1. The summed E-state index contributed by atoms with van der Waals surface area (Å²) >= 11 is 1.55. The molecular formula is C16H16ClN3O2S. The van der Waals surface area contributed by atoms with Gasteiger partial charge in [0.2, 0.25) is 5.91 Å². The first-order valence-electron chi connectivity index (χ1n) is 6.81. The molecule has 3 rings (SSSR count). The summed E-state index contributed by atoms with van der Waals surface area (Å²) in [7, 11) is 1.75. The van der Waals surface area contributed by atoms with Crippen molar-refractivity contribution in [2.45, 2.75) is 6.04 Å². The fraction of sp³-hybridized carbons (Fsp3) is 0.125. The van der Waals surface area contributed by atoms with E-state index in [0.717, 1.165) is 10.9 Å². The number of carbonyl (C=O) groups excluding carboxylic acids is 1. The van der Waals surface area contributed by atoms with Crippen LogP contribution in [0.1, 0.15) is 11.6 Å². The second-order valence-corrected chi connectivity index (χ2v) is 5.66. The molecule has 1 amide bonds. The van der Waals surface area contributed by atoms with Gasteiger partial charge in [0.15, 0.2) is 0 Å². The van der Waals surface area contributed by atoms with Crippen molar-refractivity contribution in [3.05, 3.63) is 63.2 Å². The molecule has 0 saturated heterocycles. The van der Waals surface area contributed by atoms with E-state index in [1.807, 2.05) is 16.8 Å². The van der Waals surface area contributed by atoms with E-state index in [0.29, 0.717) is 11.1 Å². The largest absolute Gasteiger partial charge is 0.329 e. The SMILES string of the molecule is CNC(C(=O)Nc1ccc2c(=O)[nH]ccc2c1)c1ccsc1.Cl. The zero-order valence-electron chi connectivity index (χ0n) is 12.3. The molecule has 1 aromatic carbocycles. The first-order valence-corrected chi connectivity index (χ1v) is 7.75. The number of anilines is 1. The molecule has 0 spiro atoms. The van der Waals surface area contributed by atoms with Gasteiger partial charge in [-0.2, -0.15) is 11.3 Å². The third kappa shape index (κ3) is 3.61. The number of nitrogens with one attached hydrogen (secondary N) is 3. The minimum Gasteiger partial charge on any atom is -0.329 e. The van der Waals surface area contributed by atoms with Crippen molar-refractivity contribution in [1.29, 1.82) is 0 Å². The van der Waals surface area contributed by atoms with E-state index in [2.05, 4.69) is 15.6 Å². The van der Waals surface area contributed by atoms with Crippen LogP contribution < -0.4 is 16.2 Å². The van der Waals surface area contributed by atoms with E-state index >= 15 is 0 Å². The normalized spacial score (nSPS) is 11.7. The predicted molar refractivity (Wildman–Crippen MR) is 96.6 cm³/mol. The molecule has 3 aromatic rings. The Morgan fingerprint density at radius 3 is 2.78 bits per heavy atom. The topological polar surface area (TPSA) is 74.0 Å². The molecule has 0 aliphatic rings. The second kappa shape index (κ2) is 7.41. The Morgan fingerprint density at radius 1 is 1.26 bits per heavy atom. The summed E-state index contributed by atoms with van der Waals surface area (Å²) in [5.74, 6) is -0.134. The maximum atomic E-state index is 12.4. The summed E-state index contributed by atoms with van der Waals surface area (Å²) in [6.45, 7) is 0. The van der Waals surface area contributed by atoms with Crippen LogP contribution in [0.4, 0.5) is 5.69 Å². The average molecular weight is 350 g/mol. The fourth-order valence-corrected chi connectivity index (χ4v) is 3.06. The van der Waals surface area contributed by atoms with Crippen molar-refractivity contribution in [2.24, 2.45) is 0 Å². The summed E-state index contributed by atoms with van der Waals surface area (Å²) in [6.07, 6.45) is 1.60. The van der Waals surface area contributed by atoms with E-state index in [9.17, 15) is 9.59 Å². The summed E-state index contributed by atoms with van der Waals surface area (Å²) in [6, 6.07) is 8.56. The maximum absolute atomic E-state index is 12.4. The second-order valence-electron chi connectivity index (χ2n) is 4.88. The Hall–Kier alpha value is -2.15. The van der Waals surface area contributed by atoms with Crippen LogP contribution in [-0.4, -0.2) is 17.9 Å². The highest BCUT2D eigenvalue weighted by Crippen LogP contribution is 2.20. The maximum Gasteiger partial charge on any atom is 0.255 e. The highest BCUT2D eigenvalue weighted by atomic mass is 35.5. The van der Waals surface area contributed by atoms with Crippen LogP contribution in [0.15, 0.2) is 52.1 Å². The van der Waals surface area contributed by atoms with Gasteiger partial charge in [0.1, 0.15) is 6.04 Å². The van der Waals surface area contributed by atoms with Crippen LogP contribution >= 0.6 is 23.7 Å². The molecule has 0 aliphatic heterocycles. The lowest BCUT2D eigenvalue weighted by molar-refractivity contribution is -0.118. The number of rotatable bonds is 4. The monoisotopic (exact) mass is 349 g/mol. The van der Waals surface area contributed by atoms with Crippen molar-refractivity contribution in [2.75, 3.05) is 12.4 Å². The first-order chi connectivity index (χ1) is 10.7. The van der Waals surface area contributed by atoms with Gasteiger partial charge in [-0.1, -0.05) is 0 Å². The van der Waals surface area contributed by atoms with Gasteiger partial charge in [-0.3, -0.25) is 9.59 Å².